The van der Waals surface area contributed by atoms with Crippen LogP contribution in [0.15, 0.2) is 12.2 Å². The average molecular weight is 458 g/mol. The number of allylic oxidation sites excluding steroid dienone is 2. The van der Waals surface area contributed by atoms with Gasteiger partial charge in [0.1, 0.15) is 0 Å². The molecule has 0 radical (unpaired) electrons. The van der Waals surface area contributed by atoms with E-state index in [-0.39, 0.29) is 13.0 Å². The molecule has 0 aliphatic heterocycles. The van der Waals surface area contributed by atoms with Crippen molar-refractivity contribution in [3.8, 4) is 0 Å². The van der Waals surface area contributed by atoms with E-state index in [0.29, 0.717) is 12.8 Å². The fourth-order valence-corrected chi connectivity index (χ4v) is 2.73. The third kappa shape index (κ3) is 7.68. The lowest BCUT2D eigenvalue weighted by atomic mass is 9.91. The number of unbranched alkanes of at least 4 members (excludes halogenated alkanes) is 4. The lowest BCUT2D eigenvalue weighted by molar-refractivity contribution is -0.396. The zero-order valence-electron chi connectivity index (χ0n) is 16.8. The second kappa shape index (κ2) is 11.8. The number of ether oxygens (including phenoxy) is 1. The van der Waals surface area contributed by atoms with Crippen LogP contribution in [0.5, 0.6) is 0 Å². The van der Waals surface area contributed by atoms with E-state index in [2.05, 4.69) is 4.74 Å². The first-order valence-electron chi connectivity index (χ1n) is 9.63. The molecule has 30 heavy (non-hydrogen) atoms. The van der Waals surface area contributed by atoms with Crippen molar-refractivity contribution < 1.29 is 49.0 Å². The van der Waals surface area contributed by atoms with E-state index >= 15 is 0 Å². The van der Waals surface area contributed by atoms with Crippen molar-refractivity contribution in [2.45, 2.75) is 89.2 Å². The third-order valence-corrected chi connectivity index (χ3v) is 4.55. The Balaban J connectivity index is 5.04. The number of carbonyl (C=O) groups excluding carboxylic acids is 1. The topological polar surface area (TPSA) is 26.3 Å². The maximum Gasteiger partial charge on any atom is 0.460 e. The summed E-state index contributed by atoms with van der Waals surface area (Å²) in [4.78, 5) is 11.9. The van der Waals surface area contributed by atoms with Crippen molar-refractivity contribution in [1.29, 1.82) is 0 Å². The van der Waals surface area contributed by atoms with Crippen LogP contribution in [0.1, 0.15) is 65.2 Å². The zero-order chi connectivity index (χ0) is 23.6. The SMILES string of the molecule is CC=CCCCCCCC(CCC(F)(F)C(F)(F)C(F)(F)C(F)(F)F)C(=O)OCC. The van der Waals surface area contributed by atoms with Gasteiger partial charge in [0.05, 0.1) is 12.5 Å². The highest BCUT2D eigenvalue weighted by molar-refractivity contribution is 5.72. The van der Waals surface area contributed by atoms with Crippen molar-refractivity contribution in [1.82, 2.24) is 0 Å². The van der Waals surface area contributed by atoms with Gasteiger partial charge in [-0.3, -0.25) is 4.79 Å². The van der Waals surface area contributed by atoms with Crippen LogP contribution in [-0.2, 0) is 9.53 Å². The van der Waals surface area contributed by atoms with Gasteiger partial charge in [-0.1, -0.05) is 31.4 Å². The Morgan fingerprint density at radius 2 is 1.43 bits per heavy atom. The highest BCUT2D eigenvalue weighted by atomic mass is 19.4. The van der Waals surface area contributed by atoms with Gasteiger partial charge in [-0.15, -0.1) is 0 Å². The number of halogens is 9. The Morgan fingerprint density at radius 1 is 0.867 bits per heavy atom. The monoisotopic (exact) mass is 458 g/mol. The Labute approximate surface area is 169 Å². The predicted octanol–water partition coefficient (Wildman–Crippen LogP) is 7.33. The molecule has 0 aliphatic rings. The van der Waals surface area contributed by atoms with Crippen LogP contribution in [0.2, 0.25) is 0 Å². The molecule has 0 bridgehead atoms. The molecule has 2 nitrogen and oxygen atoms in total. The van der Waals surface area contributed by atoms with Gasteiger partial charge < -0.3 is 4.74 Å². The maximum atomic E-state index is 13.7. The molecule has 0 aromatic rings. The fraction of sp³-hybridized carbons (Fsp3) is 0.842. The van der Waals surface area contributed by atoms with Crippen LogP contribution < -0.4 is 0 Å². The summed E-state index contributed by atoms with van der Waals surface area (Å²) in [6, 6.07) is 0. The quantitative estimate of drug-likeness (QED) is 0.118. The number of hydrogen-bond acceptors (Lipinski definition) is 2. The summed E-state index contributed by atoms with van der Waals surface area (Å²) in [6.07, 6.45) is -2.71. The Kier molecular flexibility index (Phi) is 11.3. The van der Waals surface area contributed by atoms with Crippen molar-refractivity contribution >= 4 is 5.97 Å². The second-order valence-electron chi connectivity index (χ2n) is 6.90. The van der Waals surface area contributed by atoms with Gasteiger partial charge in [0, 0.05) is 6.42 Å². The van der Waals surface area contributed by atoms with Gasteiger partial charge in [-0.2, -0.15) is 39.5 Å². The number of hydrogen-bond donors (Lipinski definition) is 0. The van der Waals surface area contributed by atoms with Crippen molar-refractivity contribution in [2.75, 3.05) is 6.61 Å². The molecule has 0 fully saturated rings. The summed E-state index contributed by atoms with van der Waals surface area (Å²) in [5.74, 6) is -21.5. The van der Waals surface area contributed by atoms with Crippen LogP contribution in [0, 0.1) is 5.92 Å². The van der Waals surface area contributed by atoms with Crippen molar-refractivity contribution in [3.63, 3.8) is 0 Å². The molecule has 0 aromatic heterocycles. The third-order valence-electron chi connectivity index (χ3n) is 4.55. The zero-order valence-corrected chi connectivity index (χ0v) is 16.8. The van der Waals surface area contributed by atoms with Crippen LogP contribution in [-0.4, -0.2) is 36.5 Å². The largest absolute Gasteiger partial charge is 0.466 e. The first kappa shape index (κ1) is 28.6. The normalized spacial score (nSPS) is 14.9. The molecule has 1 unspecified atom stereocenters. The van der Waals surface area contributed by atoms with Crippen LogP contribution >= 0.6 is 0 Å². The highest BCUT2D eigenvalue weighted by Gasteiger charge is 2.81. The number of esters is 1. The first-order chi connectivity index (χ1) is 13.7. The fourth-order valence-electron chi connectivity index (χ4n) is 2.73. The lowest BCUT2D eigenvalue weighted by Gasteiger charge is -2.34. The van der Waals surface area contributed by atoms with Crippen molar-refractivity contribution in [3.05, 3.63) is 12.2 Å². The Morgan fingerprint density at radius 3 is 1.93 bits per heavy atom. The van der Waals surface area contributed by atoms with E-state index < -0.39 is 48.7 Å². The summed E-state index contributed by atoms with van der Waals surface area (Å²) in [5, 5.41) is 0. The molecular formula is C19H27F9O2. The van der Waals surface area contributed by atoms with E-state index in [4.69, 9.17) is 0 Å². The van der Waals surface area contributed by atoms with Gasteiger partial charge in [0.15, 0.2) is 0 Å². The number of rotatable bonds is 14. The lowest BCUT2D eigenvalue weighted by Crippen LogP contribution is -2.60. The van der Waals surface area contributed by atoms with Crippen LogP contribution in [0.25, 0.3) is 0 Å². The summed E-state index contributed by atoms with van der Waals surface area (Å²) in [6.45, 7) is 3.15. The number of alkyl halides is 9. The summed E-state index contributed by atoms with van der Waals surface area (Å²) in [5.41, 5.74) is 0. The van der Waals surface area contributed by atoms with Gasteiger partial charge in [0.25, 0.3) is 0 Å². The van der Waals surface area contributed by atoms with Crippen molar-refractivity contribution in [2.24, 2.45) is 5.92 Å². The van der Waals surface area contributed by atoms with Crippen LogP contribution in [0.3, 0.4) is 0 Å². The van der Waals surface area contributed by atoms with Gasteiger partial charge in [-0.25, -0.2) is 0 Å². The molecule has 11 heteroatoms. The Hall–Kier alpha value is -1.42. The summed E-state index contributed by atoms with van der Waals surface area (Å²) < 4.78 is 121. The van der Waals surface area contributed by atoms with Gasteiger partial charge >= 0.3 is 29.9 Å². The van der Waals surface area contributed by atoms with E-state index in [0.717, 1.165) is 19.3 Å². The Bertz CT molecular complexity index is 543. The molecule has 0 heterocycles. The standard InChI is InChI=1S/C19H27F9O2/c1-3-5-6-7-8-9-10-11-14(15(29)30-4-2)12-13-16(20,21)17(22,23)18(24,25)19(26,27)28/h3,5,14H,4,6-13H2,1-2H3. The van der Waals surface area contributed by atoms with Crippen LogP contribution in [0.4, 0.5) is 39.5 Å². The molecule has 0 saturated carbocycles. The molecule has 0 saturated heterocycles. The second-order valence-corrected chi connectivity index (χ2v) is 6.90. The molecule has 0 amide bonds. The van der Waals surface area contributed by atoms with Gasteiger partial charge in [-0.05, 0) is 39.5 Å². The molecule has 0 aliphatic carbocycles. The molecule has 0 aromatic carbocycles. The minimum Gasteiger partial charge on any atom is -0.466 e. The molecule has 0 spiro atoms. The molecule has 178 valence electrons. The highest BCUT2D eigenvalue weighted by Crippen LogP contribution is 2.54. The minimum absolute atomic E-state index is 0.0280. The molecule has 0 rings (SSSR count). The van der Waals surface area contributed by atoms with Gasteiger partial charge in [0.2, 0.25) is 0 Å². The van der Waals surface area contributed by atoms with E-state index in [1.807, 2.05) is 19.1 Å². The smallest absolute Gasteiger partial charge is 0.460 e. The van der Waals surface area contributed by atoms with E-state index in [9.17, 15) is 44.3 Å². The minimum atomic E-state index is -6.92. The van der Waals surface area contributed by atoms with E-state index in [1.54, 1.807) is 0 Å². The predicted molar refractivity (Wildman–Crippen MR) is 92.8 cm³/mol. The summed E-state index contributed by atoms with van der Waals surface area (Å²) >= 11 is 0. The first-order valence-corrected chi connectivity index (χ1v) is 9.63. The average Bonchev–Trinajstić information content (AvgIpc) is 2.62. The molecular weight excluding hydrogens is 431 g/mol. The summed E-state index contributed by atoms with van der Waals surface area (Å²) in [7, 11) is 0. The molecule has 1 atom stereocenters. The maximum absolute atomic E-state index is 13.7. The van der Waals surface area contributed by atoms with E-state index in [1.165, 1.54) is 6.92 Å². The number of carbonyl (C=O) groups is 1. The molecule has 0 N–H and O–H groups in total.